The predicted octanol–water partition coefficient (Wildman–Crippen LogP) is 1.70. The number of hydrogen-bond donors (Lipinski definition) is 3. The number of halogens is 1. The number of carbonyl (C=O) groups excluding carboxylic acids is 3. The van der Waals surface area contributed by atoms with Gasteiger partial charge in [-0.25, -0.2) is 4.98 Å². The molecule has 1 aromatic heterocycles. The third-order valence-electron chi connectivity index (χ3n) is 3.71. The van der Waals surface area contributed by atoms with E-state index in [0.717, 1.165) is 0 Å². The second-order valence-electron chi connectivity index (χ2n) is 5.78. The second-order valence-corrected chi connectivity index (χ2v) is 6.05. The summed E-state index contributed by atoms with van der Waals surface area (Å²) >= 11 is 5.47. The van der Waals surface area contributed by atoms with E-state index in [2.05, 4.69) is 22.2 Å². The molecule has 0 aliphatic carbocycles. The van der Waals surface area contributed by atoms with Gasteiger partial charge in [0.1, 0.15) is 11.6 Å². The molecule has 10 heteroatoms. The van der Waals surface area contributed by atoms with E-state index in [0.29, 0.717) is 5.69 Å². The van der Waals surface area contributed by atoms with Crippen molar-refractivity contribution in [2.45, 2.75) is 39.0 Å². The summed E-state index contributed by atoms with van der Waals surface area (Å²) in [7, 11) is 0. The molecule has 1 rings (SSSR count). The molecule has 3 N–H and O–H groups in total. The van der Waals surface area contributed by atoms with Gasteiger partial charge in [0.2, 0.25) is 5.91 Å². The van der Waals surface area contributed by atoms with E-state index in [-0.39, 0.29) is 43.3 Å². The fourth-order valence-corrected chi connectivity index (χ4v) is 2.43. The average Bonchev–Trinajstić information content (AvgIpc) is 2.71. The van der Waals surface area contributed by atoms with Crippen LogP contribution < -0.4 is 10.6 Å². The maximum Gasteiger partial charge on any atom is 0.305 e. The molecule has 160 valence electrons. The zero-order chi connectivity index (χ0) is 21.8. The van der Waals surface area contributed by atoms with Crippen molar-refractivity contribution < 1.29 is 29.0 Å². The Labute approximate surface area is 174 Å². The van der Waals surface area contributed by atoms with Crippen LogP contribution in [0.3, 0.4) is 0 Å². The summed E-state index contributed by atoms with van der Waals surface area (Å²) in [6, 6.07) is 2.05. The van der Waals surface area contributed by atoms with E-state index >= 15 is 0 Å². The monoisotopic (exact) mass is 427 g/mol. The van der Waals surface area contributed by atoms with Crippen molar-refractivity contribution in [3.63, 3.8) is 0 Å². The first kappa shape index (κ1) is 24.5. The molecule has 2 atom stereocenters. The molecule has 0 aliphatic rings. The maximum atomic E-state index is 12.6. The fraction of sp³-hybridized carbons (Fsp3) is 0.474. The Bertz CT molecular complexity index is 728. The molecule has 1 heterocycles. The lowest BCUT2D eigenvalue weighted by Gasteiger charge is -2.23. The topological polar surface area (TPSA) is 127 Å². The summed E-state index contributed by atoms with van der Waals surface area (Å²) in [5.41, 5.74) is 0.675. The quantitative estimate of drug-likeness (QED) is 0.263. The van der Waals surface area contributed by atoms with E-state index in [1.807, 2.05) is 0 Å². The van der Waals surface area contributed by atoms with E-state index in [4.69, 9.17) is 21.1 Å². The molecule has 0 aromatic carbocycles. The van der Waals surface area contributed by atoms with Crippen molar-refractivity contribution in [1.29, 1.82) is 0 Å². The highest BCUT2D eigenvalue weighted by molar-refractivity contribution is 6.29. The van der Waals surface area contributed by atoms with Gasteiger partial charge in [-0.2, -0.15) is 0 Å². The lowest BCUT2D eigenvalue weighted by molar-refractivity contribution is -0.145. The van der Waals surface area contributed by atoms with Crippen molar-refractivity contribution >= 4 is 41.1 Å². The largest absolute Gasteiger partial charge is 0.466 e. The molecule has 0 aliphatic heterocycles. The van der Waals surface area contributed by atoms with Gasteiger partial charge in [-0.05, 0) is 38.5 Å². The third-order valence-corrected chi connectivity index (χ3v) is 3.95. The molecule has 0 saturated carbocycles. The van der Waals surface area contributed by atoms with Gasteiger partial charge in [0.05, 0.1) is 24.0 Å². The van der Waals surface area contributed by atoms with Gasteiger partial charge in [-0.1, -0.05) is 6.58 Å². The number of amides is 2. The van der Waals surface area contributed by atoms with Crippen LogP contribution >= 0.6 is 11.6 Å². The summed E-state index contributed by atoms with van der Waals surface area (Å²) in [4.78, 5) is 39.8. The third kappa shape index (κ3) is 8.18. The number of pyridine rings is 1. The molecule has 2 amide bonds. The zero-order valence-corrected chi connectivity index (χ0v) is 17.2. The standard InChI is InChI=1S/C19H26ClN3O6/c1-4-12-13(22-16(24)11-20)7-8-14(21-12)18(26)23-15(19(27)29-6-3)9-10-17(25)28-5-2/h4,7-8,15,19,27H,1,5-6,9-11H2,2-3H3,(H,22,24)(H,23,26)/t15-,19?/m0/s1. The predicted molar refractivity (Wildman–Crippen MR) is 108 cm³/mol. The summed E-state index contributed by atoms with van der Waals surface area (Å²) < 4.78 is 10.0. The van der Waals surface area contributed by atoms with Crippen molar-refractivity contribution in [2.75, 3.05) is 24.4 Å². The number of carbonyl (C=O) groups is 3. The number of nitrogens with zero attached hydrogens (tertiary/aromatic N) is 1. The molecule has 0 radical (unpaired) electrons. The van der Waals surface area contributed by atoms with Gasteiger partial charge in [0.25, 0.3) is 5.91 Å². The lowest BCUT2D eigenvalue weighted by Crippen LogP contribution is -2.45. The Morgan fingerprint density at radius 2 is 2.03 bits per heavy atom. The highest BCUT2D eigenvalue weighted by Gasteiger charge is 2.24. The average molecular weight is 428 g/mol. The number of hydrogen-bond acceptors (Lipinski definition) is 7. The highest BCUT2D eigenvalue weighted by Crippen LogP contribution is 2.16. The first-order valence-corrected chi connectivity index (χ1v) is 9.65. The van der Waals surface area contributed by atoms with Crippen molar-refractivity contribution in [3.05, 3.63) is 30.1 Å². The normalized spacial score (nSPS) is 12.6. The minimum Gasteiger partial charge on any atom is -0.466 e. The SMILES string of the molecule is C=Cc1nc(C(=O)N[C@@H](CCC(=O)OCC)C(O)OCC)ccc1NC(=O)CCl. The Hall–Kier alpha value is -2.49. The summed E-state index contributed by atoms with van der Waals surface area (Å²) in [5.74, 6) is -1.68. The minimum atomic E-state index is -1.31. The summed E-state index contributed by atoms with van der Waals surface area (Å²) in [6.07, 6.45) is 0.190. The Morgan fingerprint density at radius 3 is 2.62 bits per heavy atom. The number of aliphatic hydroxyl groups is 1. The smallest absolute Gasteiger partial charge is 0.305 e. The summed E-state index contributed by atoms with van der Waals surface area (Å²) in [6.45, 7) is 7.46. The zero-order valence-electron chi connectivity index (χ0n) is 16.4. The number of ether oxygens (including phenoxy) is 2. The van der Waals surface area contributed by atoms with Gasteiger partial charge in [-0.3, -0.25) is 14.4 Å². The van der Waals surface area contributed by atoms with Gasteiger partial charge < -0.3 is 25.2 Å². The molecule has 1 aromatic rings. The second kappa shape index (κ2) is 12.9. The van der Waals surface area contributed by atoms with Crippen LogP contribution in [-0.2, 0) is 19.1 Å². The number of alkyl halides is 1. The Kier molecular flexibility index (Phi) is 10.9. The van der Waals surface area contributed by atoms with Crippen LogP contribution in [0.4, 0.5) is 5.69 Å². The number of nitrogens with one attached hydrogen (secondary N) is 2. The molecule has 9 nitrogen and oxygen atoms in total. The first-order chi connectivity index (χ1) is 13.9. The number of esters is 1. The van der Waals surface area contributed by atoms with Gasteiger partial charge in [0, 0.05) is 13.0 Å². The number of aliphatic hydroxyl groups excluding tert-OH is 1. The van der Waals surface area contributed by atoms with Crippen molar-refractivity contribution in [2.24, 2.45) is 0 Å². The van der Waals surface area contributed by atoms with Crippen LogP contribution in [0.25, 0.3) is 6.08 Å². The molecular weight excluding hydrogens is 402 g/mol. The Morgan fingerprint density at radius 1 is 1.31 bits per heavy atom. The molecule has 0 fully saturated rings. The van der Waals surface area contributed by atoms with Gasteiger partial charge in [-0.15, -0.1) is 11.6 Å². The van der Waals surface area contributed by atoms with Crippen molar-refractivity contribution in [1.82, 2.24) is 10.3 Å². The Balaban J connectivity index is 2.92. The van der Waals surface area contributed by atoms with Crippen LogP contribution in [0.1, 0.15) is 42.9 Å². The molecule has 0 saturated heterocycles. The maximum absolute atomic E-state index is 12.6. The van der Waals surface area contributed by atoms with Crippen LogP contribution in [0.2, 0.25) is 0 Å². The van der Waals surface area contributed by atoms with Crippen LogP contribution in [0.15, 0.2) is 18.7 Å². The molecule has 1 unspecified atom stereocenters. The van der Waals surface area contributed by atoms with Gasteiger partial charge in [0.15, 0.2) is 6.29 Å². The van der Waals surface area contributed by atoms with E-state index < -0.39 is 30.1 Å². The first-order valence-electron chi connectivity index (χ1n) is 9.11. The van der Waals surface area contributed by atoms with Crippen LogP contribution in [-0.4, -0.2) is 59.3 Å². The van der Waals surface area contributed by atoms with Crippen LogP contribution in [0, 0.1) is 0 Å². The number of rotatable bonds is 12. The molecule has 0 spiro atoms. The number of aromatic nitrogens is 1. The minimum absolute atomic E-state index is 0.00233. The van der Waals surface area contributed by atoms with Crippen molar-refractivity contribution in [3.8, 4) is 0 Å². The summed E-state index contributed by atoms with van der Waals surface area (Å²) in [5, 5.41) is 15.3. The number of anilines is 1. The fourth-order valence-electron chi connectivity index (χ4n) is 2.37. The molecule has 0 bridgehead atoms. The van der Waals surface area contributed by atoms with Gasteiger partial charge >= 0.3 is 5.97 Å². The lowest BCUT2D eigenvalue weighted by atomic mass is 10.1. The molecular formula is C19H26ClN3O6. The van der Waals surface area contributed by atoms with E-state index in [1.54, 1.807) is 13.8 Å². The van der Waals surface area contributed by atoms with E-state index in [1.165, 1.54) is 18.2 Å². The highest BCUT2D eigenvalue weighted by atomic mass is 35.5. The molecule has 29 heavy (non-hydrogen) atoms. The van der Waals surface area contributed by atoms with Crippen LogP contribution in [0.5, 0.6) is 0 Å². The van der Waals surface area contributed by atoms with E-state index in [9.17, 15) is 19.5 Å².